The Bertz CT molecular complexity index is 1020. The van der Waals surface area contributed by atoms with Crippen LogP contribution >= 0.6 is 0 Å². The number of amides is 2. The van der Waals surface area contributed by atoms with Gasteiger partial charge in [-0.3, -0.25) is 10.2 Å². The molecular formula is C23H29N5O4. The van der Waals surface area contributed by atoms with Crippen molar-refractivity contribution < 1.29 is 18.7 Å². The van der Waals surface area contributed by atoms with Gasteiger partial charge in [-0.2, -0.15) is 5.10 Å². The molecule has 3 heterocycles. The molecule has 9 nitrogen and oxygen atoms in total. The summed E-state index contributed by atoms with van der Waals surface area (Å²) in [4.78, 5) is 14.9. The van der Waals surface area contributed by atoms with E-state index in [1.165, 1.54) is 0 Å². The molecular weight excluding hydrogens is 410 g/mol. The standard InChI is InChI=1S/C23H29N5O4/c1-30-16-19-8-7-18(32-19)15-27-13-10-17(11-14-27)28-22(9-12-24-28)26-23(29)25-20-5-3-4-6-21(20)31-2/h3-9,12,17H,10-11,13-16H2,1-2H3,(H2,25,26,29). The second kappa shape index (κ2) is 10.3. The number of piperidine rings is 1. The molecule has 0 spiro atoms. The number of ether oxygens (including phenoxy) is 2. The van der Waals surface area contributed by atoms with Gasteiger partial charge in [-0.15, -0.1) is 0 Å². The van der Waals surface area contributed by atoms with E-state index in [-0.39, 0.29) is 12.1 Å². The maximum absolute atomic E-state index is 12.5. The van der Waals surface area contributed by atoms with Crippen molar-refractivity contribution in [2.75, 3.05) is 37.9 Å². The summed E-state index contributed by atoms with van der Waals surface area (Å²) in [7, 11) is 3.23. The minimum absolute atomic E-state index is 0.225. The minimum Gasteiger partial charge on any atom is -0.495 e. The van der Waals surface area contributed by atoms with Crippen LogP contribution in [0.5, 0.6) is 5.75 Å². The number of para-hydroxylation sites is 2. The predicted molar refractivity (Wildman–Crippen MR) is 121 cm³/mol. The van der Waals surface area contributed by atoms with Crippen molar-refractivity contribution in [3.8, 4) is 5.75 Å². The third-order valence-electron chi connectivity index (χ3n) is 5.55. The number of hydrogen-bond donors (Lipinski definition) is 2. The van der Waals surface area contributed by atoms with Crippen LogP contribution in [-0.2, 0) is 17.9 Å². The minimum atomic E-state index is -0.335. The zero-order valence-corrected chi connectivity index (χ0v) is 18.4. The van der Waals surface area contributed by atoms with Gasteiger partial charge >= 0.3 is 6.03 Å². The smallest absolute Gasteiger partial charge is 0.324 e. The monoisotopic (exact) mass is 439 g/mol. The van der Waals surface area contributed by atoms with Crippen LogP contribution < -0.4 is 15.4 Å². The number of nitrogens with one attached hydrogen (secondary N) is 2. The van der Waals surface area contributed by atoms with E-state index < -0.39 is 0 Å². The first-order valence-electron chi connectivity index (χ1n) is 10.7. The van der Waals surface area contributed by atoms with Gasteiger partial charge in [0, 0.05) is 26.3 Å². The lowest BCUT2D eigenvalue weighted by atomic mass is 10.1. The largest absolute Gasteiger partial charge is 0.495 e. The maximum Gasteiger partial charge on any atom is 0.324 e. The molecule has 1 aromatic carbocycles. The quantitative estimate of drug-likeness (QED) is 0.549. The molecule has 0 bridgehead atoms. The number of carbonyl (C=O) groups excluding carboxylic acids is 1. The number of likely N-dealkylation sites (tertiary alicyclic amines) is 1. The molecule has 4 rings (SSSR count). The molecule has 1 saturated heterocycles. The number of aromatic nitrogens is 2. The first-order chi connectivity index (χ1) is 15.7. The lowest BCUT2D eigenvalue weighted by Gasteiger charge is -2.32. The zero-order chi connectivity index (χ0) is 22.3. The summed E-state index contributed by atoms with van der Waals surface area (Å²) in [6, 6.07) is 13.0. The molecule has 2 aromatic heterocycles. The van der Waals surface area contributed by atoms with Crippen LogP contribution in [0.4, 0.5) is 16.3 Å². The summed E-state index contributed by atoms with van der Waals surface area (Å²) in [6.45, 7) is 3.12. The Kier molecular flexibility index (Phi) is 7.08. The van der Waals surface area contributed by atoms with Crippen molar-refractivity contribution in [3.63, 3.8) is 0 Å². The van der Waals surface area contributed by atoms with Gasteiger partial charge in [0.1, 0.15) is 29.7 Å². The van der Waals surface area contributed by atoms with Crippen molar-refractivity contribution in [2.45, 2.75) is 32.0 Å². The number of anilines is 2. The third-order valence-corrected chi connectivity index (χ3v) is 5.55. The lowest BCUT2D eigenvalue weighted by Crippen LogP contribution is -2.35. The number of nitrogens with zero attached hydrogens (tertiary/aromatic N) is 3. The van der Waals surface area contributed by atoms with Gasteiger partial charge in [-0.1, -0.05) is 12.1 Å². The van der Waals surface area contributed by atoms with Crippen LogP contribution in [0.25, 0.3) is 0 Å². The highest BCUT2D eigenvalue weighted by Crippen LogP contribution is 2.27. The molecule has 9 heteroatoms. The molecule has 32 heavy (non-hydrogen) atoms. The summed E-state index contributed by atoms with van der Waals surface area (Å²) in [5.41, 5.74) is 0.610. The molecule has 0 atom stereocenters. The van der Waals surface area contributed by atoms with Crippen LogP contribution in [0.1, 0.15) is 30.4 Å². The molecule has 2 N–H and O–H groups in total. The number of furan rings is 1. The van der Waals surface area contributed by atoms with Crippen molar-refractivity contribution >= 4 is 17.5 Å². The molecule has 1 fully saturated rings. The Labute approximate surface area is 187 Å². The Morgan fingerprint density at radius 2 is 1.88 bits per heavy atom. The molecule has 170 valence electrons. The van der Waals surface area contributed by atoms with E-state index in [9.17, 15) is 4.79 Å². The Morgan fingerprint density at radius 1 is 1.09 bits per heavy atom. The van der Waals surface area contributed by atoms with Crippen LogP contribution in [0, 0.1) is 0 Å². The number of benzene rings is 1. The number of methoxy groups -OCH3 is 2. The molecule has 0 radical (unpaired) electrons. The summed E-state index contributed by atoms with van der Waals surface area (Å²) in [5.74, 6) is 3.07. The van der Waals surface area contributed by atoms with Gasteiger partial charge in [0.05, 0.1) is 31.6 Å². The topological polar surface area (TPSA) is 93.8 Å². The van der Waals surface area contributed by atoms with Gasteiger partial charge in [0.25, 0.3) is 0 Å². The average Bonchev–Trinajstić information content (AvgIpc) is 3.44. The predicted octanol–water partition coefficient (Wildman–Crippen LogP) is 4.11. The molecule has 0 saturated carbocycles. The second-order valence-corrected chi connectivity index (χ2v) is 7.75. The van der Waals surface area contributed by atoms with E-state index >= 15 is 0 Å². The Hall–Kier alpha value is -3.30. The van der Waals surface area contributed by atoms with Crippen molar-refractivity contribution in [2.24, 2.45) is 0 Å². The number of rotatable bonds is 8. The van der Waals surface area contributed by atoms with Gasteiger partial charge in [0.2, 0.25) is 0 Å². The van der Waals surface area contributed by atoms with E-state index in [1.54, 1.807) is 32.5 Å². The first-order valence-corrected chi connectivity index (χ1v) is 10.7. The van der Waals surface area contributed by atoms with E-state index in [0.29, 0.717) is 23.9 Å². The molecule has 0 aliphatic carbocycles. The average molecular weight is 440 g/mol. The van der Waals surface area contributed by atoms with Gasteiger partial charge < -0.3 is 19.2 Å². The fraction of sp³-hybridized carbons (Fsp3) is 0.391. The normalized spacial score (nSPS) is 14.9. The highest BCUT2D eigenvalue weighted by Gasteiger charge is 2.24. The summed E-state index contributed by atoms with van der Waals surface area (Å²) in [5, 5.41) is 10.2. The highest BCUT2D eigenvalue weighted by atomic mass is 16.5. The van der Waals surface area contributed by atoms with Crippen molar-refractivity contribution in [1.82, 2.24) is 14.7 Å². The summed E-state index contributed by atoms with van der Waals surface area (Å²) in [6.07, 6.45) is 3.59. The fourth-order valence-electron chi connectivity index (χ4n) is 3.99. The second-order valence-electron chi connectivity index (χ2n) is 7.75. The molecule has 1 aliphatic rings. The highest BCUT2D eigenvalue weighted by molar-refractivity contribution is 6.00. The third kappa shape index (κ3) is 5.30. The van der Waals surface area contributed by atoms with Gasteiger partial charge in [-0.25, -0.2) is 9.48 Å². The van der Waals surface area contributed by atoms with Crippen molar-refractivity contribution in [1.29, 1.82) is 0 Å². The summed E-state index contributed by atoms with van der Waals surface area (Å²) < 4.78 is 18.1. The lowest BCUT2D eigenvalue weighted by molar-refractivity contribution is 0.148. The Balaban J connectivity index is 1.31. The summed E-state index contributed by atoms with van der Waals surface area (Å²) >= 11 is 0. The van der Waals surface area contributed by atoms with Crippen molar-refractivity contribution in [3.05, 3.63) is 60.2 Å². The van der Waals surface area contributed by atoms with Crippen LogP contribution in [0.2, 0.25) is 0 Å². The number of urea groups is 1. The number of hydrogen-bond acceptors (Lipinski definition) is 6. The number of carbonyl (C=O) groups is 1. The zero-order valence-electron chi connectivity index (χ0n) is 18.4. The fourth-order valence-corrected chi connectivity index (χ4v) is 3.99. The van der Waals surface area contributed by atoms with Crippen LogP contribution in [-0.4, -0.2) is 48.0 Å². The van der Waals surface area contributed by atoms with Gasteiger partial charge in [-0.05, 0) is 37.1 Å². The molecule has 2 amide bonds. The first kappa shape index (κ1) is 21.9. The molecule has 1 aliphatic heterocycles. The van der Waals surface area contributed by atoms with E-state index in [2.05, 4.69) is 20.6 Å². The Morgan fingerprint density at radius 3 is 2.66 bits per heavy atom. The molecule has 0 unspecified atom stereocenters. The van der Waals surface area contributed by atoms with Gasteiger partial charge in [0.15, 0.2) is 0 Å². The van der Waals surface area contributed by atoms with E-state index in [0.717, 1.165) is 44.0 Å². The maximum atomic E-state index is 12.5. The molecule has 3 aromatic rings. The van der Waals surface area contributed by atoms with E-state index in [1.807, 2.05) is 35.0 Å². The van der Waals surface area contributed by atoms with Crippen LogP contribution in [0.15, 0.2) is 53.1 Å². The SMILES string of the molecule is COCc1ccc(CN2CCC(n3nccc3NC(=O)Nc3ccccc3OC)CC2)o1. The van der Waals surface area contributed by atoms with Crippen LogP contribution in [0.3, 0.4) is 0 Å². The van der Waals surface area contributed by atoms with E-state index in [4.69, 9.17) is 13.9 Å².